The molecule has 8 aromatic carbocycles. The van der Waals surface area contributed by atoms with Gasteiger partial charge in [-0.15, -0.1) is 0 Å². The van der Waals surface area contributed by atoms with Crippen molar-refractivity contribution >= 4 is 76.3 Å². The molecule has 0 radical (unpaired) electrons. The second kappa shape index (κ2) is 11.5. The minimum absolute atomic E-state index is 0.553. The molecule has 0 unspecified atom stereocenters. The summed E-state index contributed by atoms with van der Waals surface area (Å²) in [4.78, 5) is 15.5. The molecule has 0 aliphatic rings. The summed E-state index contributed by atoms with van der Waals surface area (Å²) in [6.45, 7) is 0. The molecule has 0 bridgehead atoms. The Morgan fingerprint density at radius 2 is 0.964 bits per heavy atom. The molecule has 0 saturated heterocycles. The molecule has 6 nitrogen and oxygen atoms in total. The molecule has 12 rings (SSSR count). The molecular weight excluding hydrogens is 675 g/mol. The lowest BCUT2D eigenvalue weighted by Crippen LogP contribution is -2.06. The number of rotatable bonds is 4. The first-order valence-electron chi connectivity index (χ1n) is 18.4. The molecule has 0 fully saturated rings. The van der Waals surface area contributed by atoms with E-state index in [-0.39, 0.29) is 0 Å². The second-order valence-electron chi connectivity index (χ2n) is 14.0. The summed E-state index contributed by atoms with van der Waals surface area (Å²) in [6.07, 6.45) is 0. The third-order valence-corrected chi connectivity index (χ3v) is 11.0. The van der Waals surface area contributed by atoms with Gasteiger partial charge < -0.3 is 8.98 Å². The molecular formula is C49H29N5O. The Bertz CT molecular complexity index is 3500. The second-order valence-corrected chi connectivity index (χ2v) is 14.0. The third-order valence-electron chi connectivity index (χ3n) is 11.0. The summed E-state index contributed by atoms with van der Waals surface area (Å²) >= 11 is 0. The molecule has 0 N–H and O–H groups in total. The maximum atomic E-state index is 6.30. The Labute approximate surface area is 314 Å². The van der Waals surface area contributed by atoms with Crippen LogP contribution < -0.4 is 0 Å². The highest BCUT2D eigenvalue weighted by Crippen LogP contribution is 2.42. The lowest BCUT2D eigenvalue weighted by Gasteiger charge is -2.11. The quantitative estimate of drug-likeness (QED) is 0.183. The Morgan fingerprint density at radius 3 is 1.75 bits per heavy atom. The van der Waals surface area contributed by atoms with Crippen LogP contribution in [0.2, 0.25) is 0 Å². The minimum atomic E-state index is 0.553. The van der Waals surface area contributed by atoms with Gasteiger partial charge in [0.1, 0.15) is 11.2 Å². The van der Waals surface area contributed by atoms with Crippen LogP contribution in [0.3, 0.4) is 0 Å². The van der Waals surface area contributed by atoms with Gasteiger partial charge in [0.2, 0.25) is 5.95 Å². The van der Waals surface area contributed by atoms with Crippen molar-refractivity contribution in [1.29, 1.82) is 0 Å². The van der Waals surface area contributed by atoms with E-state index in [1.807, 2.05) is 54.6 Å². The van der Waals surface area contributed by atoms with Crippen LogP contribution in [-0.4, -0.2) is 24.1 Å². The SMILES string of the molecule is c1ccc(-c2nc(-c3ccc4c(c3)oc3ccccc34)nc(-n3c4ccccc4c4c5c6ccccc6n(-c6ccc7ccccc7c6)c5ccc43)n2)cc1. The Kier molecular flexibility index (Phi) is 6.24. The maximum absolute atomic E-state index is 6.30. The van der Waals surface area contributed by atoms with Gasteiger partial charge in [-0.3, -0.25) is 4.57 Å². The Hall–Kier alpha value is -7.57. The van der Waals surface area contributed by atoms with E-state index in [0.29, 0.717) is 17.6 Å². The number of aromatic nitrogens is 5. The molecule has 256 valence electrons. The van der Waals surface area contributed by atoms with Gasteiger partial charge in [0, 0.05) is 49.1 Å². The van der Waals surface area contributed by atoms with Crippen LogP contribution in [0, 0.1) is 0 Å². The van der Waals surface area contributed by atoms with Crippen molar-refractivity contribution < 1.29 is 4.42 Å². The number of furan rings is 1. The first-order chi connectivity index (χ1) is 27.3. The maximum Gasteiger partial charge on any atom is 0.238 e. The van der Waals surface area contributed by atoms with Crippen LogP contribution >= 0.6 is 0 Å². The average Bonchev–Trinajstić information content (AvgIpc) is 3.91. The van der Waals surface area contributed by atoms with E-state index in [2.05, 4.69) is 130 Å². The summed E-state index contributed by atoms with van der Waals surface area (Å²) in [5.41, 5.74) is 8.91. The number of benzene rings is 8. The highest BCUT2D eigenvalue weighted by atomic mass is 16.3. The Morgan fingerprint density at radius 1 is 0.364 bits per heavy atom. The molecule has 0 saturated carbocycles. The van der Waals surface area contributed by atoms with Crippen molar-refractivity contribution in [3.05, 3.63) is 176 Å². The van der Waals surface area contributed by atoms with Crippen molar-refractivity contribution in [2.45, 2.75) is 0 Å². The van der Waals surface area contributed by atoms with E-state index >= 15 is 0 Å². The van der Waals surface area contributed by atoms with Crippen LogP contribution in [0.15, 0.2) is 180 Å². The number of hydrogen-bond donors (Lipinski definition) is 0. The van der Waals surface area contributed by atoms with Gasteiger partial charge in [-0.05, 0) is 65.4 Å². The topological polar surface area (TPSA) is 61.7 Å². The molecule has 0 aliphatic carbocycles. The van der Waals surface area contributed by atoms with Gasteiger partial charge in [0.15, 0.2) is 11.6 Å². The number of nitrogens with zero attached hydrogens (tertiary/aromatic N) is 5. The first kappa shape index (κ1) is 29.9. The van der Waals surface area contributed by atoms with Gasteiger partial charge in [0.25, 0.3) is 0 Å². The van der Waals surface area contributed by atoms with Crippen LogP contribution in [0.4, 0.5) is 0 Å². The zero-order valence-corrected chi connectivity index (χ0v) is 29.4. The zero-order valence-electron chi connectivity index (χ0n) is 29.4. The highest BCUT2D eigenvalue weighted by Gasteiger charge is 2.23. The van der Waals surface area contributed by atoms with E-state index in [0.717, 1.165) is 71.6 Å². The summed E-state index contributed by atoms with van der Waals surface area (Å²) in [6, 6.07) is 61.5. The summed E-state index contributed by atoms with van der Waals surface area (Å²) in [5, 5.41) is 9.27. The predicted molar refractivity (Wildman–Crippen MR) is 224 cm³/mol. The lowest BCUT2D eigenvalue weighted by atomic mass is 10.1. The van der Waals surface area contributed by atoms with Gasteiger partial charge in [0.05, 0.1) is 22.1 Å². The molecule has 0 atom stereocenters. The van der Waals surface area contributed by atoms with Crippen LogP contribution in [0.5, 0.6) is 0 Å². The van der Waals surface area contributed by atoms with E-state index in [1.165, 1.54) is 21.5 Å². The normalized spacial score (nSPS) is 12.0. The fraction of sp³-hybridized carbons (Fsp3) is 0. The molecule has 6 heteroatoms. The molecule has 0 amide bonds. The van der Waals surface area contributed by atoms with Crippen molar-refractivity contribution in [3.8, 4) is 34.4 Å². The molecule has 4 aromatic heterocycles. The van der Waals surface area contributed by atoms with Crippen molar-refractivity contribution in [3.63, 3.8) is 0 Å². The summed E-state index contributed by atoms with van der Waals surface area (Å²) < 4.78 is 10.9. The van der Waals surface area contributed by atoms with Crippen LogP contribution in [0.25, 0.3) is 111 Å². The van der Waals surface area contributed by atoms with Gasteiger partial charge in [-0.25, -0.2) is 4.98 Å². The fourth-order valence-electron chi connectivity index (χ4n) is 8.50. The average molecular weight is 704 g/mol. The smallest absolute Gasteiger partial charge is 0.238 e. The molecule has 0 aliphatic heterocycles. The molecule has 0 spiro atoms. The predicted octanol–water partition coefficient (Wildman–Crippen LogP) is 12.5. The fourth-order valence-corrected chi connectivity index (χ4v) is 8.50. The van der Waals surface area contributed by atoms with Crippen LogP contribution in [-0.2, 0) is 0 Å². The largest absolute Gasteiger partial charge is 0.456 e. The summed E-state index contributed by atoms with van der Waals surface area (Å²) in [5.74, 6) is 1.73. The molecule has 55 heavy (non-hydrogen) atoms. The van der Waals surface area contributed by atoms with Crippen molar-refractivity contribution in [2.24, 2.45) is 0 Å². The van der Waals surface area contributed by atoms with Crippen LogP contribution in [0.1, 0.15) is 0 Å². The third kappa shape index (κ3) is 4.46. The Balaban J connectivity index is 1.14. The van der Waals surface area contributed by atoms with E-state index in [1.54, 1.807) is 0 Å². The lowest BCUT2D eigenvalue weighted by molar-refractivity contribution is 0.669. The standard InChI is InChI=1S/C49H29N5O/c1-2-13-31(14-3-1)47-50-48(33-23-25-36-35-16-8-11-21-43(35)55-44(36)29-33)52-49(51-47)54-40-20-10-7-18-38(40)46-42(54)27-26-41-45(46)37-17-6-9-19-39(37)53(41)34-24-22-30-12-4-5-15-32(30)28-34/h1-29H. The summed E-state index contributed by atoms with van der Waals surface area (Å²) in [7, 11) is 0. The highest BCUT2D eigenvalue weighted by molar-refractivity contribution is 6.28. The number of fused-ring (bicyclic) bond motifs is 11. The number of hydrogen-bond acceptors (Lipinski definition) is 4. The molecule has 12 aromatic rings. The van der Waals surface area contributed by atoms with E-state index < -0.39 is 0 Å². The first-order valence-corrected chi connectivity index (χ1v) is 18.4. The van der Waals surface area contributed by atoms with Crippen molar-refractivity contribution in [2.75, 3.05) is 0 Å². The zero-order chi connectivity index (χ0) is 36.0. The number of para-hydroxylation sites is 3. The van der Waals surface area contributed by atoms with Gasteiger partial charge in [-0.1, -0.05) is 121 Å². The van der Waals surface area contributed by atoms with Gasteiger partial charge in [-0.2, -0.15) is 9.97 Å². The minimum Gasteiger partial charge on any atom is -0.456 e. The van der Waals surface area contributed by atoms with Crippen molar-refractivity contribution in [1.82, 2.24) is 24.1 Å². The van der Waals surface area contributed by atoms with E-state index in [9.17, 15) is 0 Å². The monoisotopic (exact) mass is 703 g/mol. The van der Waals surface area contributed by atoms with Gasteiger partial charge >= 0.3 is 0 Å². The van der Waals surface area contributed by atoms with E-state index in [4.69, 9.17) is 19.4 Å². The molecule has 4 heterocycles.